The molecule has 0 radical (unpaired) electrons. The number of piperidine rings is 1. The molecule has 0 aromatic heterocycles. The topological polar surface area (TPSA) is 38.0 Å². The Bertz CT molecular complexity index is 729. The summed E-state index contributed by atoms with van der Waals surface area (Å²) in [6.45, 7) is 4.60. The van der Waals surface area contributed by atoms with Crippen molar-refractivity contribution in [3.8, 4) is 0 Å². The van der Waals surface area contributed by atoms with E-state index in [4.69, 9.17) is 11.6 Å². The summed E-state index contributed by atoms with van der Waals surface area (Å²) in [5, 5.41) is 3.98. The van der Waals surface area contributed by atoms with Gasteiger partial charge in [0, 0.05) is 35.0 Å². The summed E-state index contributed by atoms with van der Waals surface area (Å²) in [7, 11) is 2.05. The summed E-state index contributed by atoms with van der Waals surface area (Å²) in [5.41, 5.74) is 2.55. The maximum atomic E-state index is 12.4. The Hall–Kier alpha value is -1.88. The number of carbonyl (C=O) groups excluding carboxylic acids is 1. The highest BCUT2D eigenvalue weighted by Gasteiger charge is 2.24. The van der Waals surface area contributed by atoms with Crippen molar-refractivity contribution in [2.45, 2.75) is 32.0 Å². The highest BCUT2D eigenvalue weighted by Crippen LogP contribution is 2.09. The standard InChI is InChI=1S/C22H28ClN3O/c1-25(15-19-8-5-9-20(23)14-19)17-22(27)24-21-10-12-26(13-11-21)16-18-6-3-2-4-7-18/h2-9,14,21H,10-13,15-17H2,1H3,(H,24,27)/p+2. The van der Waals surface area contributed by atoms with Gasteiger partial charge >= 0.3 is 0 Å². The minimum atomic E-state index is 0.144. The van der Waals surface area contributed by atoms with Crippen LogP contribution >= 0.6 is 11.6 Å². The minimum absolute atomic E-state index is 0.144. The van der Waals surface area contributed by atoms with E-state index >= 15 is 0 Å². The first-order chi connectivity index (χ1) is 13.1. The van der Waals surface area contributed by atoms with Gasteiger partial charge in [-0.2, -0.15) is 0 Å². The lowest BCUT2D eigenvalue weighted by Gasteiger charge is -2.30. The number of halogens is 1. The van der Waals surface area contributed by atoms with Crippen molar-refractivity contribution in [2.24, 2.45) is 0 Å². The molecule has 1 aliphatic rings. The fourth-order valence-electron chi connectivity index (χ4n) is 3.84. The van der Waals surface area contributed by atoms with Crippen molar-refractivity contribution in [2.75, 3.05) is 26.7 Å². The predicted octanol–water partition coefficient (Wildman–Crippen LogP) is 0.718. The molecule has 2 aromatic rings. The van der Waals surface area contributed by atoms with Gasteiger partial charge in [-0.05, 0) is 12.1 Å². The zero-order valence-electron chi connectivity index (χ0n) is 16.0. The Morgan fingerprint density at radius 3 is 2.52 bits per heavy atom. The highest BCUT2D eigenvalue weighted by atomic mass is 35.5. The lowest BCUT2D eigenvalue weighted by atomic mass is 10.0. The summed E-state index contributed by atoms with van der Waals surface area (Å²) in [6.07, 6.45) is 2.11. The van der Waals surface area contributed by atoms with Crippen molar-refractivity contribution in [3.63, 3.8) is 0 Å². The van der Waals surface area contributed by atoms with E-state index in [2.05, 4.69) is 41.7 Å². The third-order valence-corrected chi connectivity index (χ3v) is 5.45. The van der Waals surface area contributed by atoms with Gasteiger partial charge in [-0.25, -0.2) is 0 Å². The third-order valence-electron chi connectivity index (χ3n) is 5.21. The first-order valence-corrected chi connectivity index (χ1v) is 10.2. The second-order valence-corrected chi connectivity index (χ2v) is 8.13. The molecule has 0 saturated carbocycles. The summed E-state index contributed by atoms with van der Waals surface area (Å²) < 4.78 is 0. The molecule has 1 saturated heterocycles. The van der Waals surface area contributed by atoms with Crippen molar-refractivity contribution in [1.29, 1.82) is 0 Å². The van der Waals surface area contributed by atoms with Crippen LogP contribution in [0.4, 0.5) is 0 Å². The lowest BCUT2D eigenvalue weighted by molar-refractivity contribution is -0.918. The Labute approximate surface area is 167 Å². The van der Waals surface area contributed by atoms with Gasteiger partial charge in [0.25, 0.3) is 5.91 Å². The molecule has 144 valence electrons. The molecular formula is C22H30ClN3O+2. The molecule has 3 N–H and O–H groups in total. The van der Waals surface area contributed by atoms with Gasteiger partial charge in [0.15, 0.2) is 6.54 Å². The van der Waals surface area contributed by atoms with Gasteiger partial charge in [0.05, 0.1) is 20.1 Å². The number of carbonyl (C=O) groups is 1. The summed E-state index contributed by atoms with van der Waals surface area (Å²) in [5.74, 6) is 0.144. The fourth-order valence-corrected chi connectivity index (χ4v) is 4.06. The van der Waals surface area contributed by atoms with Gasteiger partial charge in [-0.1, -0.05) is 54.1 Å². The van der Waals surface area contributed by atoms with E-state index in [1.54, 1.807) is 4.90 Å². The van der Waals surface area contributed by atoms with E-state index in [0.29, 0.717) is 12.6 Å². The molecule has 0 spiro atoms. The molecule has 2 aromatic carbocycles. The molecule has 1 fully saturated rings. The van der Waals surface area contributed by atoms with Crippen LogP contribution < -0.4 is 15.1 Å². The van der Waals surface area contributed by atoms with Crippen molar-refractivity contribution in [3.05, 3.63) is 70.7 Å². The van der Waals surface area contributed by atoms with Gasteiger partial charge in [0.2, 0.25) is 0 Å². The molecular weight excluding hydrogens is 358 g/mol. The molecule has 27 heavy (non-hydrogen) atoms. The zero-order chi connectivity index (χ0) is 19.1. The molecule has 3 rings (SSSR count). The van der Waals surface area contributed by atoms with E-state index in [9.17, 15) is 4.79 Å². The number of likely N-dealkylation sites (N-methyl/N-ethyl adjacent to an activating group) is 1. The number of rotatable bonds is 7. The predicted molar refractivity (Wildman–Crippen MR) is 109 cm³/mol. The SMILES string of the molecule is C[NH+](CC(=O)NC1CC[NH+](Cc2ccccc2)CC1)Cc1cccc(Cl)c1. The van der Waals surface area contributed by atoms with E-state index in [0.717, 1.165) is 49.6 Å². The Morgan fingerprint density at radius 1 is 1.11 bits per heavy atom. The molecule has 1 amide bonds. The van der Waals surface area contributed by atoms with Crippen LogP contribution in [0, 0.1) is 0 Å². The molecule has 0 bridgehead atoms. The second kappa shape index (κ2) is 9.88. The van der Waals surface area contributed by atoms with Crippen molar-refractivity contribution >= 4 is 17.5 Å². The number of likely N-dealkylation sites (tertiary alicyclic amines) is 1. The molecule has 4 nitrogen and oxygen atoms in total. The van der Waals surface area contributed by atoms with Crippen LogP contribution in [-0.4, -0.2) is 38.6 Å². The number of benzene rings is 2. The van der Waals surface area contributed by atoms with E-state index < -0.39 is 0 Å². The monoisotopic (exact) mass is 387 g/mol. The minimum Gasteiger partial charge on any atom is -0.348 e. The van der Waals surface area contributed by atoms with E-state index in [1.165, 1.54) is 10.5 Å². The smallest absolute Gasteiger partial charge is 0.275 e. The van der Waals surface area contributed by atoms with Gasteiger partial charge in [-0.3, -0.25) is 4.79 Å². The van der Waals surface area contributed by atoms with Crippen LogP contribution in [-0.2, 0) is 17.9 Å². The Kier molecular flexibility index (Phi) is 7.27. The van der Waals surface area contributed by atoms with Crippen LogP contribution in [0.2, 0.25) is 5.02 Å². The lowest BCUT2D eigenvalue weighted by Crippen LogP contribution is -3.12. The number of nitrogens with one attached hydrogen (secondary N) is 3. The zero-order valence-corrected chi connectivity index (χ0v) is 16.8. The summed E-state index contributed by atoms with van der Waals surface area (Å²) >= 11 is 6.04. The number of amides is 1. The maximum Gasteiger partial charge on any atom is 0.275 e. The van der Waals surface area contributed by atoms with E-state index in [1.807, 2.05) is 25.2 Å². The summed E-state index contributed by atoms with van der Waals surface area (Å²) in [6, 6.07) is 18.8. The normalized spacial score (nSPS) is 20.8. The fraction of sp³-hybridized carbons (Fsp3) is 0.409. The number of quaternary nitrogens is 2. The Morgan fingerprint density at radius 2 is 1.81 bits per heavy atom. The first-order valence-electron chi connectivity index (χ1n) is 9.81. The summed E-state index contributed by atoms with van der Waals surface area (Å²) in [4.78, 5) is 15.2. The van der Waals surface area contributed by atoms with Gasteiger partial charge in [-0.15, -0.1) is 0 Å². The highest BCUT2D eigenvalue weighted by molar-refractivity contribution is 6.30. The van der Waals surface area contributed by atoms with E-state index in [-0.39, 0.29) is 5.91 Å². The molecule has 0 aliphatic carbocycles. The van der Waals surface area contributed by atoms with Crippen LogP contribution in [0.3, 0.4) is 0 Å². The molecule has 1 aliphatic heterocycles. The third kappa shape index (κ3) is 6.65. The largest absolute Gasteiger partial charge is 0.348 e. The Balaban J connectivity index is 1.37. The van der Waals surface area contributed by atoms with Crippen molar-refractivity contribution in [1.82, 2.24) is 5.32 Å². The van der Waals surface area contributed by atoms with Gasteiger partial charge in [0.1, 0.15) is 13.1 Å². The quantitative estimate of drug-likeness (QED) is 0.643. The maximum absolute atomic E-state index is 12.4. The number of hydrogen-bond donors (Lipinski definition) is 3. The van der Waals surface area contributed by atoms with Crippen LogP contribution in [0.1, 0.15) is 24.0 Å². The average Bonchev–Trinajstić information content (AvgIpc) is 2.64. The number of hydrogen-bond acceptors (Lipinski definition) is 1. The molecule has 1 unspecified atom stereocenters. The van der Waals surface area contributed by atoms with Crippen molar-refractivity contribution < 1.29 is 14.6 Å². The van der Waals surface area contributed by atoms with Gasteiger partial charge < -0.3 is 15.1 Å². The molecule has 1 heterocycles. The first kappa shape index (κ1) is 19.9. The molecule has 5 heteroatoms. The van der Waals surface area contributed by atoms with Crippen LogP contribution in [0.15, 0.2) is 54.6 Å². The van der Waals surface area contributed by atoms with Crippen LogP contribution in [0.25, 0.3) is 0 Å². The second-order valence-electron chi connectivity index (χ2n) is 7.69. The van der Waals surface area contributed by atoms with Crippen LogP contribution in [0.5, 0.6) is 0 Å². The average molecular weight is 388 g/mol. The molecule has 1 atom stereocenters.